The number of hydrogen-bond acceptors (Lipinski definition) is 5. The smallest absolute Gasteiger partial charge is 0.370 e. The van der Waals surface area contributed by atoms with E-state index in [4.69, 9.17) is 10.5 Å². The van der Waals surface area contributed by atoms with Gasteiger partial charge in [0.2, 0.25) is 5.91 Å². The molecule has 1 aromatic carbocycles. The monoisotopic (exact) mass is 484 g/mol. The summed E-state index contributed by atoms with van der Waals surface area (Å²) in [7, 11) is 0. The van der Waals surface area contributed by atoms with Gasteiger partial charge >= 0.3 is 6.18 Å². The van der Waals surface area contributed by atoms with E-state index in [9.17, 15) is 22.8 Å². The van der Waals surface area contributed by atoms with Gasteiger partial charge in [-0.1, -0.05) is 27.2 Å². The van der Waals surface area contributed by atoms with E-state index in [1.165, 1.54) is 18.6 Å². The first-order valence-corrected chi connectivity index (χ1v) is 11.7. The molecular weight excluding hydrogens is 449 g/mol. The molecule has 34 heavy (non-hydrogen) atoms. The second-order valence-electron chi connectivity index (χ2n) is 10.4. The van der Waals surface area contributed by atoms with Crippen LogP contribution < -0.4 is 16.0 Å². The highest BCUT2D eigenvalue weighted by Crippen LogP contribution is 2.39. The van der Waals surface area contributed by atoms with Gasteiger partial charge in [-0.15, -0.1) is 0 Å². The highest BCUT2D eigenvalue weighted by molar-refractivity contribution is 5.98. The Kier molecular flexibility index (Phi) is 8.26. The van der Waals surface area contributed by atoms with Gasteiger partial charge in [0.1, 0.15) is 12.6 Å². The Labute approximate surface area is 198 Å². The number of anilines is 2. The fraction of sp³-hybridized carbons (Fsp3) is 0.667. The minimum atomic E-state index is -4.70. The van der Waals surface area contributed by atoms with Crippen molar-refractivity contribution in [2.75, 3.05) is 49.6 Å². The standard InChI is InChI=1S/C24H35F3N4O3/c1-23(2,3)15-30(13-16-5-4-6-16)20(12-28)22(33)29-17-7-8-19(18(11-17)24(25,26)27)31-9-10-34-14-21(31)32/h7-8,11,16,20H,4-6,9-10,12-15,28H2,1-3H3,(H,29,33)/t20-/m1/s1. The molecule has 7 nitrogen and oxygen atoms in total. The van der Waals surface area contributed by atoms with Gasteiger partial charge in [0.15, 0.2) is 0 Å². The van der Waals surface area contributed by atoms with E-state index in [0.29, 0.717) is 12.5 Å². The Morgan fingerprint density at radius 3 is 2.53 bits per heavy atom. The van der Waals surface area contributed by atoms with Crippen LogP contribution in [-0.2, 0) is 20.5 Å². The van der Waals surface area contributed by atoms with Crippen molar-refractivity contribution >= 4 is 23.2 Å². The topological polar surface area (TPSA) is 87.9 Å². The maximum absolute atomic E-state index is 13.9. The normalized spacial score (nSPS) is 18.7. The van der Waals surface area contributed by atoms with Crippen molar-refractivity contribution in [1.82, 2.24) is 4.90 Å². The summed E-state index contributed by atoms with van der Waals surface area (Å²) in [6, 6.07) is 2.83. The Morgan fingerprint density at radius 2 is 2.00 bits per heavy atom. The Hall–Kier alpha value is -2.17. The van der Waals surface area contributed by atoms with E-state index in [0.717, 1.165) is 30.4 Å². The van der Waals surface area contributed by atoms with E-state index >= 15 is 0 Å². The number of rotatable bonds is 8. The van der Waals surface area contributed by atoms with Gasteiger partial charge in [-0.2, -0.15) is 13.2 Å². The predicted octanol–water partition coefficient (Wildman–Crippen LogP) is 3.48. The van der Waals surface area contributed by atoms with Crippen LogP contribution in [0.1, 0.15) is 45.6 Å². The molecule has 190 valence electrons. The summed E-state index contributed by atoms with van der Waals surface area (Å²) in [6.45, 7) is 7.59. The molecule has 0 spiro atoms. The van der Waals surface area contributed by atoms with Gasteiger partial charge in [0.25, 0.3) is 5.91 Å². The van der Waals surface area contributed by atoms with Crippen LogP contribution in [0.4, 0.5) is 24.5 Å². The van der Waals surface area contributed by atoms with Gasteiger partial charge < -0.3 is 20.7 Å². The van der Waals surface area contributed by atoms with Gasteiger partial charge in [0.05, 0.1) is 17.9 Å². The Morgan fingerprint density at radius 1 is 1.29 bits per heavy atom. The van der Waals surface area contributed by atoms with Crippen LogP contribution in [0.25, 0.3) is 0 Å². The van der Waals surface area contributed by atoms with Crippen molar-refractivity contribution in [2.45, 2.75) is 52.3 Å². The third kappa shape index (κ3) is 6.70. The second kappa shape index (κ2) is 10.6. The van der Waals surface area contributed by atoms with Crippen LogP contribution in [0.5, 0.6) is 0 Å². The van der Waals surface area contributed by atoms with Crippen LogP contribution in [0.15, 0.2) is 18.2 Å². The molecular formula is C24H35F3N4O3. The van der Waals surface area contributed by atoms with Gasteiger partial charge in [-0.25, -0.2) is 0 Å². The van der Waals surface area contributed by atoms with E-state index in [1.807, 2.05) is 0 Å². The number of amides is 2. The SMILES string of the molecule is CC(C)(C)CN(CC1CCC1)[C@H](CN)C(=O)Nc1ccc(N2CCOCC2=O)c(C(F)(F)F)c1. The number of halogens is 3. The number of alkyl halides is 3. The zero-order valence-electron chi connectivity index (χ0n) is 20.1. The van der Waals surface area contributed by atoms with Crippen LogP contribution in [0.3, 0.4) is 0 Å². The molecule has 2 fully saturated rings. The lowest BCUT2D eigenvalue weighted by molar-refractivity contribution is -0.137. The Bertz CT molecular complexity index is 881. The molecule has 3 rings (SSSR count). The molecule has 0 unspecified atom stereocenters. The van der Waals surface area contributed by atoms with Gasteiger partial charge in [0, 0.05) is 31.9 Å². The van der Waals surface area contributed by atoms with Crippen molar-refractivity contribution in [3.05, 3.63) is 23.8 Å². The third-order valence-electron chi connectivity index (χ3n) is 6.21. The number of hydrogen-bond donors (Lipinski definition) is 2. The first-order chi connectivity index (χ1) is 15.9. The number of nitrogens with zero attached hydrogens (tertiary/aromatic N) is 2. The lowest BCUT2D eigenvalue weighted by atomic mass is 9.84. The molecule has 2 amide bonds. The largest absolute Gasteiger partial charge is 0.418 e. The van der Waals surface area contributed by atoms with Crippen LogP contribution in [-0.4, -0.2) is 62.1 Å². The van der Waals surface area contributed by atoms with Crippen LogP contribution in [0.2, 0.25) is 0 Å². The lowest BCUT2D eigenvalue weighted by Crippen LogP contribution is -2.53. The maximum atomic E-state index is 13.9. The zero-order chi connectivity index (χ0) is 25.1. The molecule has 1 aliphatic heterocycles. The number of nitrogens with one attached hydrogen (secondary N) is 1. The van der Waals surface area contributed by atoms with Crippen LogP contribution in [0, 0.1) is 11.3 Å². The van der Waals surface area contributed by atoms with Crippen molar-refractivity contribution in [3.8, 4) is 0 Å². The quantitative estimate of drug-likeness (QED) is 0.590. The summed E-state index contributed by atoms with van der Waals surface area (Å²) in [6.07, 6.45) is -1.32. The van der Waals surface area contributed by atoms with Gasteiger partial charge in [-0.05, 0) is 42.4 Å². The molecule has 0 aromatic heterocycles. The molecule has 10 heteroatoms. The first-order valence-electron chi connectivity index (χ1n) is 11.7. The predicted molar refractivity (Wildman–Crippen MR) is 124 cm³/mol. The molecule has 2 aliphatic rings. The fourth-order valence-corrected chi connectivity index (χ4v) is 4.41. The molecule has 1 atom stereocenters. The zero-order valence-corrected chi connectivity index (χ0v) is 20.1. The molecule has 0 radical (unpaired) electrons. The number of morpholine rings is 1. The van der Waals surface area contributed by atoms with E-state index < -0.39 is 29.6 Å². The molecule has 1 saturated carbocycles. The van der Waals surface area contributed by atoms with Crippen molar-refractivity contribution in [2.24, 2.45) is 17.1 Å². The second-order valence-corrected chi connectivity index (χ2v) is 10.4. The fourth-order valence-electron chi connectivity index (χ4n) is 4.41. The number of carbonyl (C=O) groups is 2. The summed E-state index contributed by atoms with van der Waals surface area (Å²) in [5, 5.41) is 2.63. The van der Waals surface area contributed by atoms with E-state index in [-0.39, 0.29) is 43.1 Å². The van der Waals surface area contributed by atoms with Crippen molar-refractivity contribution in [3.63, 3.8) is 0 Å². The highest BCUT2D eigenvalue weighted by Gasteiger charge is 2.38. The summed E-state index contributed by atoms with van der Waals surface area (Å²) in [4.78, 5) is 28.4. The highest BCUT2D eigenvalue weighted by atomic mass is 19.4. The summed E-state index contributed by atoms with van der Waals surface area (Å²) in [5.41, 5.74) is 4.69. The number of nitrogens with two attached hydrogens (primary N) is 1. The summed E-state index contributed by atoms with van der Waals surface area (Å²) >= 11 is 0. The summed E-state index contributed by atoms with van der Waals surface area (Å²) in [5.74, 6) is -0.466. The number of carbonyl (C=O) groups excluding carboxylic acids is 2. The molecule has 1 aromatic rings. The first kappa shape index (κ1) is 26.4. The van der Waals surface area contributed by atoms with Crippen molar-refractivity contribution < 1.29 is 27.5 Å². The molecule has 1 saturated heterocycles. The number of ether oxygens (including phenoxy) is 1. The van der Waals surface area contributed by atoms with E-state index in [2.05, 4.69) is 31.0 Å². The maximum Gasteiger partial charge on any atom is 0.418 e. The minimum Gasteiger partial charge on any atom is -0.370 e. The Balaban J connectivity index is 1.83. The van der Waals surface area contributed by atoms with Crippen LogP contribution >= 0.6 is 0 Å². The van der Waals surface area contributed by atoms with E-state index in [1.54, 1.807) is 0 Å². The molecule has 3 N–H and O–H groups in total. The average molecular weight is 485 g/mol. The van der Waals surface area contributed by atoms with Gasteiger partial charge in [-0.3, -0.25) is 14.5 Å². The third-order valence-corrected chi connectivity index (χ3v) is 6.21. The van der Waals surface area contributed by atoms with Crippen molar-refractivity contribution in [1.29, 1.82) is 0 Å². The lowest BCUT2D eigenvalue weighted by Gasteiger charge is -2.39. The molecule has 0 bridgehead atoms. The molecule has 1 aliphatic carbocycles. The summed E-state index contributed by atoms with van der Waals surface area (Å²) < 4.78 is 46.6. The number of benzene rings is 1. The molecule has 1 heterocycles. The minimum absolute atomic E-state index is 0.0135. The average Bonchev–Trinajstić information content (AvgIpc) is 2.70.